The fourth-order valence-electron chi connectivity index (χ4n) is 13.0. The van der Waals surface area contributed by atoms with Crippen molar-refractivity contribution < 1.29 is 0 Å². The molecule has 0 fully saturated rings. The number of anilines is 4. The van der Waals surface area contributed by atoms with Crippen molar-refractivity contribution in [2.45, 2.75) is 122 Å². The molecule has 0 saturated carbocycles. The van der Waals surface area contributed by atoms with Gasteiger partial charge in [0.2, 0.25) is 0 Å². The van der Waals surface area contributed by atoms with Crippen LogP contribution in [0.2, 0.25) is 0 Å². The molecule has 1 aliphatic heterocycles. The van der Waals surface area contributed by atoms with Crippen LogP contribution in [-0.2, 0) is 32.5 Å². The number of nitrogens with zero attached hydrogens (tertiary/aromatic N) is 4. The van der Waals surface area contributed by atoms with Gasteiger partial charge in [-0.05, 0) is 144 Å². The third-order valence-electron chi connectivity index (χ3n) is 18.3. The lowest BCUT2D eigenvalue weighted by atomic mass is 9.65. The minimum atomic E-state index is -0.759. The zero-order chi connectivity index (χ0) is 58.3. The maximum atomic E-state index is 5.32. The molecule has 416 valence electrons. The maximum Gasteiger partial charge on any atom is 0.137 e. The van der Waals surface area contributed by atoms with Crippen LogP contribution < -0.4 is 9.80 Å². The molecule has 0 saturated heterocycles. The third kappa shape index (κ3) is 9.74. The van der Waals surface area contributed by atoms with Crippen LogP contribution >= 0.6 is 0 Å². The molecule has 0 radical (unpaired) electrons. The highest BCUT2D eigenvalue weighted by atomic mass is 15.4. The van der Waals surface area contributed by atoms with E-state index in [1.807, 2.05) is 6.20 Å². The fourth-order valence-corrected chi connectivity index (χ4v) is 13.0. The van der Waals surface area contributed by atoms with Gasteiger partial charge in [0.1, 0.15) is 12.5 Å². The van der Waals surface area contributed by atoms with Crippen LogP contribution in [-0.4, -0.2) is 16.2 Å². The summed E-state index contributed by atoms with van der Waals surface area (Å²) < 4.78 is 2.44. The Hall–Kier alpha value is -8.47. The zero-order valence-electron chi connectivity index (χ0n) is 51.0. The van der Waals surface area contributed by atoms with Gasteiger partial charge in [0, 0.05) is 39.2 Å². The normalized spacial score (nSPS) is 13.5. The van der Waals surface area contributed by atoms with Crippen molar-refractivity contribution in [2.75, 3.05) is 16.5 Å². The summed E-state index contributed by atoms with van der Waals surface area (Å²) in [6.45, 7) is 30.9. The van der Waals surface area contributed by atoms with Gasteiger partial charge < -0.3 is 9.80 Å². The number of para-hydroxylation sites is 2. The van der Waals surface area contributed by atoms with E-state index in [-0.39, 0.29) is 27.1 Å². The third-order valence-corrected chi connectivity index (χ3v) is 18.3. The van der Waals surface area contributed by atoms with Gasteiger partial charge >= 0.3 is 0 Å². The summed E-state index contributed by atoms with van der Waals surface area (Å²) in [5.41, 5.74) is 19.4. The first-order valence-corrected chi connectivity index (χ1v) is 29.8. The van der Waals surface area contributed by atoms with Crippen molar-refractivity contribution in [3.8, 4) is 5.82 Å². The first-order chi connectivity index (χ1) is 39.5. The van der Waals surface area contributed by atoms with Crippen molar-refractivity contribution >= 4 is 44.6 Å². The number of hydrogen-bond acceptors (Lipinski definition) is 3. The van der Waals surface area contributed by atoms with Crippen molar-refractivity contribution in [1.29, 1.82) is 0 Å². The van der Waals surface area contributed by atoms with Crippen molar-refractivity contribution in [3.05, 3.63) is 298 Å². The van der Waals surface area contributed by atoms with Gasteiger partial charge in [-0.15, -0.1) is 0 Å². The SMILES string of the molecule is CC(C)(C)c1cc(N2CN(c3cccc(C(c4ccccc4)(c4ccccc4)c4ccc5c6cc(C(C)(C)c7ccccc7)ccc6n(-c6cc(C(C)(C)c7cccc(C(C)(C)C)c7)ccn6)c5c4)c3)c3ccccc32)cc(C(C)(C)C)c1. The van der Waals surface area contributed by atoms with E-state index < -0.39 is 5.41 Å². The number of hydrogen-bond donors (Lipinski definition) is 0. The van der Waals surface area contributed by atoms with Gasteiger partial charge in [0.05, 0.1) is 27.8 Å². The Morgan fingerprint density at radius 2 is 0.747 bits per heavy atom. The molecule has 83 heavy (non-hydrogen) atoms. The first kappa shape index (κ1) is 55.1. The molecular weight excluding hydrogens is 1000 g/mol. The van der Waals surface area contributed by atoms with E-state index in [0.717, 1.165) is 22.5 Å². The molecule has 2 aromatic heterocycles. The van der Waals surface area contributed by atoms with Gasteiger partial charge in [-0.1, -0.05) is 254 Å². The molecule has 11 aromatic rings. The lowest BCUT2D eigenvalue weighted by molar-refractivity contribution is 0.568. The molecule has 0 unspecified atom stereocenters. The van der Waals surface area contributed by atoms with E-state index in [2.05, 4.69) is 335 Å². The largest absolute Gasteiger partial charge is 0.321 e. The van der Waals surface area contributed by atoms with Gasteiger partial charge in [-0.3, -0.25) is 4.57 Å². The molecule has 0 atom stereocenters. The van der Waals surface area contributed by atoms with Crippen LogP contribution in [0.3, 0.4) is 0 Å². The number of rotatable bonds is 11. The quantitative estimate of drug-likeness (QED) is 0.121. The summed E-state index contributed by atoms with van der Waals surface area (Å²) in [5, 5.41) is 2.38. The van der Waals surface area contributed by atoms with E-state index in [0.29, 0.717) is 6.67 Å². The average Bonchev–Trinajstić information content (AvgIpc) is 4.20. The Balaban J connectivity index is 1.08. The van der Waals surface area contributed by atoms with Gasteiger partial charge in [0.25, 0.3) is 0 Å². The maximum absolute atomic E-state index is 5.32. The summed E-state index contributed by atoms with van der Waals surface area (Å²) in [7, 11) is 0. The van der Waals surface area contributed by atoms with E-state index in [9.17, 15) is 0 Å². The molecule has 0 bridgehead atoms. The average molecular weight is 1090 g/mol. The minimum absolute atomic E-state index is 0.0162. The van der Waals surface area contributed by atoms with Crippen molar-refractivity contribution in [3.63, 3.8) is 0 Å². The topological polar surface area (TPSA) is 24.3 Å². The fraction of sp³-hybridized carbons (Fsp3) is 0.253. The van der Waals surface area contributed by atoms with E-state index in [1.54, 1.807) is 0 Å². The molecule has 0 aliphatic carbocycles. The summed E-state index contributed by atoms with van der Waals surface area (Å²) in [6.07, 6.45) is 2.01. The minimum Gasteiger partial charge on any atom is -0.321 e. The van der Waals surface area contributed by atoms with Crippen LogP contribution in [0.25, 0.3) is 27.6 Å². The number of pyridine rings is 1. The summed E-state index contributed by atoms with van der Waals surface area (Å²) in [5.74, 6) is 0.890. The van der Waals surface area contributed by atoms with E-state index in [4.69, 9.17) is 4.98 Å². The Morgan fingerprint density at radius 3 is 1.35 bits per heavy atom. The lowest BCUT2D eigenvalue weighted by Crippen LogP contribution is -2.31. The van der Waals surface area contributed by atoms with E-state index in [1.165, 1.54) is 89.0 Å². The van der Waals surface area contributed by atoms with Crippen LogP contribution in [0.15, 0.2) is 237 Å². The summed E-state index contributed by atoms with van der Waals surface area (Å²) >= 11 is 0. The second-order valence-electron chi connectivity index (χ2n) is 27.4. The molecular formula is C79H80N4. The van der Waals surface area contributed by atoms with Gasteiger partial charge in [0.15, 0.2) is 0 Å². The number of benzene rings is 9. The Kier molecular flexibility index (Phi) is 13.6. The van der Waals surface area contributed by atoms with Crippen LogP contribution in [0, 0.1) is 0 Å². The molecule has 3 heterocycles. The molecule has 9 aromatic carbocycles. The first-order valence-electron chi connectivity index (χ1n) is 29.8. The zero-order valence-corrected chi connectivity index (χ0v) is 51.0. The number of fused-ring (bicyclic) bond motifs is 4. The standard InChI is InChI=1S/C79H80N4/c1-74(2,3)57-33-25-34-58(45-57)78(12,13)60-43-44-80-73(52-60)83-69-42-40-59(77(10,11)54-27-17-14-18-28-54)50-68(69)67-41-39-62(51-72(67)83)79(55-29-19-15-20-30-55,56-31-21-16-22-32-56)61-35-26-36-65(47-61)81-53-82(71-38-24-23-37-70(71)81)66-48-63(75(4,5)6)46-64(49-66)76(7,8)9/h14-52H,53H2,1-13H3. The lowest BCUT2D eigenvalue weighted by Gasteiger charge is -2.37. The molecule has 0 amide bonds. The highest BCUT2D eigenvalue weighted by Crippen LogP contribution is 2.51. The van der Waals surface area contributed by atoms with Crippen molar-refractivity contribution in [1.82, 2.24) is 9.55 Å². The molecule has 1 aliphatic rings. The monoisotopic (exact) mass is 1080 g/mol. The van der Waals surface area contributed by atoms with Crippen LogP contribution in [0.5, 0.6) is 0 Å². The van der Waals surface area contributed by atoms with Gasteiger partial charge in [-0.25, -0.2) is 4.98 Å². The molecule has 4 heteroatoms. The predicted molar refractivity (Wildman–Crippen MR) is 352 cm³/mol. The van der Waals surface area contributed by atoms with Crippen LogP contribution in [0.4, 0.5) is 22.7 Å². The molecule has 4 nitrogen and oxygen atoms in total. The highest BCUT2D eigenvalue weighted by Gasteiger charge is 2.40. The van der Waals surface area contributed by atoms with Crippen molar-refractivity contribution in [2.24, 2.45) is 0 Å². The summed E-state index contributed by atoms with van der Waals surface area (Å²) in [4.78, 5) is 10.3. The van der Waals surface area contributed by atoms with E-state index >= 15 is 0 Å². The molecule has 12 rings (SSSR count). The Labute approximate surface area is 494 Å². The van der Waals surface area contributed by atoms with Gasteiger partial charge in [-0.2, -0.15) is 0 Å². The smallest absolute Gasteiger partial charge is 0.137 e. The highest BCUT2D eigenvalue weighted by molar-refractivity contribution is 6.10. The second kappa shape index (κ2) is 20.5. The Bertz CT molecular complexity index is 4110. The molecule has 0 N–H and O–H groups in total. The second-order valence-corrected chi connectivity index (χ2v) is 27.4. The molecule has 0 spiro atoms. The predicted octanol–water partition coefficient (Wildman–Crippen LogP) is 20.4. The Morgan fingerprint density at radius 1 is 0.301 bits per heavy atom. The number of aromatic nitrogens is 2. The summed E-state index contributed by atoms with van der Waals surface area (Å²) in [6, 6.07) is 86.9. The van der Waals surface area contributed by atoms with Crippen LogP contribution in [0.1, 0.15) is 151 Å².